The van der Waals surface area contributed by atoms with E-state index in [1.165, 1.54) is 29.2 Å². The number of nitrogens with zero attached hydrogens (tertiary/aromatic N) is 1. The average molecular weight is 353 g/mol. The molecule has 0 radical (unpaired) electrons. The highest BCUT2D eigenvalue weighted by Gasteiger charge is 2.66. The predicted octanol–water partition coefficient (Wildman–Crippen LogP) is 6.97. The third kappa shape index (κ3) is 5.82. The maximum Gasteiger partial charge on any atom is 0.325 e. The molecule has 0 aliphatic heterocycles. The van der Waals surface area contributed by atoms with Crippen molar-refractivity contribution in [1.82, 2.24) is 4.98 Å². The molecular formula is C16H20F5NS. The summed E-state index contributed by atoms with van der Waals surface area (Å²) in [6, 6.07) is 5.68. The first-order valence-electron chi connectivity index (χ1n) is 6.81. The van der Waals surface area contributed by atoms with Gasteiger partial charge in [-0.3, -0.25) is 0 Å². The van der Waals surface area contributed by atoms with Gasteiger partial charge in [-0.2, -0.15) is 0 Å². The van der Waals surface area contributed by atoms with Gasteiger partial charge in [0.1, 0.15) is 0 Å². The van der Waals surface area contributed by atoms with Crippen LogP contribution in [-0.2, 0) is 0 Å². The van der Waals surface area contributed by atoms with Crippen LogP contribution in [0.5, 0.6) is 0 Å². The maximum absolute atomic E-state index is 12.0. The zero-order valence-corrected chi connectivity index (χ0v) is 14.4. The van der Waals surface area contributed by atoms with Crippen molar-refractivity contribution in [3.05, 3.63) is 58.3 Å². The summed E-state index contributed by atoms with van der Waals surface area (Å²) >= 11 is 0. The molecule has 130 valence electrons. The van der Waals surface area contributed by atoms with Gasteiger partial charge in [0.2, 0.25) is 0 Å². The fourth-order valence-corrected chi connectivity index (χ4v) is 2.51. The van der Waals surface area contributed by atoms with Crippen LogP contribution in [0.1, 0.15) is 27.8 Å². The van der Waals surface area contributed by atoms with Crippen molar-refractivity contribution in [1.29, 1.82) is 0 Å². The number of pyridine rings is 1. The zero-order valence-electron chi connectivity index (χ0n) is 13.6. The molecule has 0 aliphatic carbocycles. The van der Waals surface area contributed by atoms with Crippen LogP contribution in [0.15, 0.2) is 35.5 Å². The van der Waals surface area contributed by atoms with Crippen molar-refractivity contribution in [3.63, 3.8) is 0 Å². The lowest BCUT2D eigenvalue weighted by Crippen LogP contribution is -2.08. The van der Waals surface area contributed by atoms with Gasteiger partial charge in [0, 0.05) is 6.20 Å². The van der Waals surface area contributed by atoms with E-state index in [9.17, 15) is 19.4 Å². The van der Waals surface area contributed by atoms with Gasteiger partial charge in [-0.15, -0.1) is 0 Å². The van der Waals surface area contributed by atoms with E-state index in [4.69, 9.17) is 0 Å². The van der Waals surface area contributed by atoms with E-state index in [0.717, 1.165) is 12.3 Å². The van der Waals surface area contributed by atoms with Gasteiger partial charge in [-0.1, -0.05) is 43.2 Å². The van der Waals surface area contributed by atoms with Gasteiger partial charge in [0.05, 0.1) is 0 Å². The molecule has 0 unspecified atom stereocenters. The summed E-state index contributed by atoms with van der Waals surface area (Å²) in [6.45, 7) is 10.1. The first kappa shape index (κ1) is 19.4. The topological polar surface area (TPSA) is 12.9 Å². The highest BCUT2D eigenvalue weighted by atomic mass is 32.5. The molecule has 1 aromatic heterocycles. The van der Waals surface area contributed by atoms with Crippen LogP contribution in [0.3, 0.4) is 0 Å². The average Bonchev–Trinajstić information content (AvgIpc) is 2.34. The van der Waals surface area contributed by atoms with Crippen LogP contribution in [0.25, 0.3) is 0 Å². The van der Waals surface area contributed by atoms with E-state index in [1.54, 1.807) is 0 Å². The Hall–Kier alpha value is -1.63. The molecule has 0 bridgehead atoms. The standard InChI is InChI=1S/C10H14.C6H6F5NS/c1-7-5-8(2)10(4)9(3)6-7;1-5-2-3-6(12-4-5)13(7,8,9,10)11/h5-6H,1-4H3;2-4H,1H3. The quantitative estimate of drug-likeness (QED) is 0.505. The van der Waals surface area contributed by atoms with Crippen molar-refractivity contribution < 1.29 is 19.4 Å². The Bertz CT molecular complexity index is 683. The van der Waals surface area contributed by atoms with Gasteiger partial charge in [0.15, 0.2) is 5.03 Å². The highest BCUT2D eigenvalue weighted by molar-refractivity contribution is 8.45. The minimum Gasteiger partial charge on any atom is -0.241 e. The molecule has 23 heavy (non-hydrogen) atoms. The minimum absolute atomic E-state index is 0.289. The van der Waals surface area contributed by atoms with E-state index >= 15 is 0 Å². The monoisotopic (exact) mass is 353 g/mol. The lowest BCUT2D eigenvalue weighted by molar-refractivity contribution is 0.358. The summed E-state index contributed by atoms with van der Waals surface area (Å²) in [4.78, 5) is 2.67. The molecule has 0 spiro atoms. The van der Waals surface area contributed by atoms with Gasteiger partial charge >= 0.3 is 10.2 Å². The normalized spacial score (nSPS) is 14.3. The number of rotatable bonds is 1. The van der Waals surface area contributed by atoms with Gasteiger partial charge in [0.25, 0.3) is 0 Å². The molecule has 0 saturated carbocycles. The molecule has 7 heteroatoms. The van der Waals surface area contributed by atoms with Gasteiger partial charge in [-0.05, 0) is 62.9 Å². The SMILES string of the molecule is Cc1cc(C)c(C)c(C)c1.Cc1ccc(S(F)(F)(F)(F)F)nc1. The van der Waals surface area contributed by atoms with Crippen LogP contribution in [0.2, 0.25) is 0 Å². The molecule has 0 aliphatic rings. The fourth-order valence-electron chi connectivity index (χ4n) is 1.93. The lowest BCUT2D eigenvalue weighted by Gasteiger charge is -2.39. The zero-order chi connectivity index (χ0) is 18.1. The fraction of sp³-hybridized carbons (Fsp3) is 0.312. The largest absolute Gasteiger partial charge is 0.325 e. The Morgan fingerprint density at radius 2 is 1.22 bits per heavy atom. The van der Waals surface area contributed by atoms with Crippen molar-refractivity contribution in [3.8, 4) is 0 Å². The van der Waals surface area contributed by atoms with Crippen molar-refractivity contribution in [2.75, 3.05) is 0 Å². The number of halogens is 5. The molecule has 1 aromatic carbocycles. The summed E-state index contributed by atoms with van der Waals surface area (Å²) in [5.74, 6) is 0. The lowest BCUT2D eigenvalue weighted by atomic mass is 10.0. The molecule has 1 nitrogen and oxygen atoms in total. The van der Waals surface area contributed by atoms with E-state index in [2.05, 4.69) is 44.8 Å². The molecule has 0 N–H and O–H groups in total. The summed E-state index contributed by atoms with van der Waals surface area (Å²) in [5.41, 5.74) is 5.98. The number of hydrogen-bond acceptors (Lipinski definition) is 1. The summed E-state index contributed by atoms with van der Waals surface area (Å²) < 4.78 is 60.1. The first-order chi connectivity index (χ1) is 10.1. The summed E-state index contributed by atoms with van der Waals surface area (Å²) in [5, 5.41) is -2.09. The summed E-state index contributed by atoms with van der Waals surface area (Å²) in [6.07, 6.45) is 0.757. The molecule has 2 aromatic rings. The van der Waals surface area contributed by atoms with E-state index in [1.807, 2.05) is 0 Å². The number of benzene rings is 1. The second kappa shape index (κ2) is 5.47. The Morgan fingerprint density at radius 3 is 1.57 bits per heavy atom. The Labute approximate surface area is 133 Å². The van der Waals surface area contributed by atoms with Gasteiger partial charge < -0.3 is 0 Å². The van der Waals surface area contributed by atoms with Crippen LogP contribution >= 0.6 is 10.2 Å². The second-order valence-corrected chi connectivity index (χ2v) is 8.02. The third-order valence-corrected chi connectivity index (χ3v) is 4.38. The van der Waals surface area contributed by atoms with Crippen LogP contribution < -0.4 is 0 Å². The molecule has 0 amide bonds. The van der Waals surface area contributed by atoms with Crippen molar-refractivity contribution >= 4 is 10.2 Å². The van der Waals surface area contributed by atoms with Crippen molar-refractivity contribution in [2.24, 2.45) is 0 Å². The Balaban J connectivity index is 0.000000238. The molecule has 0 fully saturated rings. The Morgan fingerprint density at radius 1 is 0.739 bits per heavy atom. The molecule has 1 heterocycles. The second-order valence-electron chi connectivity index (χ2n) is 5.67. The molecular weight excluding hydrogens is 333 g/mol. The maximum atomic E-state index is 12.0. The van der Waals surface area contributed by atoms with Crippen LogP contribution in [0.4, 0.5) is 19.4 Å². The van der Waals surface area contributed by atoms with E-state index < -0.39 is 15.3 Å². The highest BCUT2D eigenvalue weighted by Crippen LogP contribution is 3.01. The van der Waals surface area contributed by atoms with Gasteiger partial charge in [-0.25, -0.2) is 4.98 Å². The van der Waals surface area contributed by atoms with Crippen molar-refractivity contribution in [2.45, 2.75) is 39.6 Å². The van der Waals surface area contributed by atoms with E-state index in [-0.39, 0.29) is 6.07 Å². The van der Waals surface area contributed by atoms with E-state index in [0.29, 0.717) is 5.56 Å². The number of aromatic nitrogens is 1. The molecule has 0 saturated heterocycles. The third-order valence-electron chi connectivity index (χ3n) is 3.35. The van der Waals surface area contributed by atoms with Crippen LogP contribution in [0, 0.1) is 34.6 Å². The van der Waals surface area contributed by atoms with Crippen LogP contribution in [-0.4, -0.2) is 4.98 Å². The summed E-state index contributed by atoms with van der Waals surface area (Å²) in [7, 11) is -9.56. The molecule has 0 atom stereocenters. The smallest absolute Gasteiger partial charge is 0.241 e. The number of hydrogen-bond donors (Lipinski definition) is 0. The molecule has 2 rings (SSSR count). The number of aryl methyl sites for hydroxylation is 4. The first-order valence-corrected chi connectivity index (χ1v) is 8.76. The Kier molecular flexibility index (Phi) is 4.62. The predicted molar refractivity (Wildman–Crippen MR) is 85.8 cm³/mol. The minimum atomic E-state index is -9.56.